The van der Waals surface area contributed by atoms with Crippen LogP contribution in [0.5, 0.6) is 0 Å². The summed E-state index contributed by atoms with van der Waals surface area (Å²) in [7, 11) is 0. The molecular formula is C4H7O2. The molecule has 0 unspecified atom stereocenters. The Morgan fingerprint density at radius 2 is 2.50 bits per heavy atom. The quantitative estimate of drug-likeness (QED) is 0.420. The Labute approximate surface area is 37.1 Å². The van der Waals surface area contributed by atoms with Crippen LogP contribution in [-0.2, 0) is 9.47 Å². The topological polar surface area (TPSA) is 18.5 Å². The van der Waals surface area contributed by atoms with Gasteiger partial charge in [0.15, 0.2) is 0 Å². The molecule has 0 aromatic carbocycles. The standard InChI is InChI=1S/C4H7O2/c1-4-2-5-3-6-4/h4H,1-3H2/t4-/m1/s1. The molecule has 2 nitrogen and oxygen atoms in total. The van der Waals surface area contributed by atoms with Crippen molar-refractivity contribution < 1.29 is 9.47 Å². The second-order valence-electron chi connectivity index (χ2n) is 1.28. The second-order valence-corrected chi connectivity index (χ2v) is 1.28. The van der Waals surface area contributed by atoms with Gasteiger partial charge in [-0.1, -0.05) is 0 Å². The van der Waals surface area contributed by atoms with Crippen LogP contribution in [0, 0.1) is 6.92 Å². The molecule has 1 saturated heterocycles. The van der Waals surface area contributed by atoms with E-state index >= 15 is 0 Å². The van der Waals surface area contributed by atoms with Gasteiger partial charge in [0.05, 0.1) is 12.7 Å². The molecule has 0 aromatic heterocycles. The van der Waals surface area contributed by atoms with Crippen LogP contribution in [0.2, 0.25) is 0 Å². The van der Waals surface area contributed by atoms with Crippen LogP contribution in [0.4, 0.5) is 0 Å². The predicted octanol–water partition coefficient (Wildman–Crippen LogP) is 0.193. The normalized spacial score (nSPS) is 34.5. The van der Waals surface area contributed by atoms with Gasteiger partial charge < -0.3 is 9.47 Å². The molecular weight excluding hydrogens is 80.0 g/mol. The lowest BCUT2D eigenvalue weighted by atomic mass is 10.5. The van der Waals surface area contributed by atoms with E-state index in [1.54, 1.807) is 0 Å². The van der Waals surface area contributed by atoms with Crippen molar-refractivity contribution in [3.63, 3.8) is 0 Å². The van der Waals surface area contributed by atoms with Gasteiger partial charge in [-0.2, -0.15) is 0 Å². The molecule has 0 N–H and O–H groups in total. The lowest BCUT2D eigenvalue weighted by Gasteiger charge is -1.90. The maximum atomic E-state index is 4.82. The minimum absolute atomic E-state index is 0.0741. The fourth-order valence-corrected chi connectivity index (χ4v) is 0.372. The van der Waals surface area contributed by atoms with Crippen molar-refractivity contribution in [1.29, 1.82) is 0 Å². The Morgan fingerprint density at radius 1 is 1.67 bits per heavy atom. The highest BCUT2D eigenvalue weighted by molar-refractivity contribution is 4.59. The molecule has 0 bridgehead atoms. The van der Waals surface area contributed by atoms with Gasteiger partial charge in [-0.15, -0.1) is 0 Å². The number of hydrogen-bond acceptors (Lipinski definition) is 2. The van der Waals surface area contributed by atoms with E-state index < -0.39 is 0 Å². The SMILES string of the molecule is [CH2][C@@H]1COCO1. The van der Waals surface area contributed by atoms with Crippen LogP contribution in [0.15, 0.2) is 0 Å². The van der Waals surface area contributed by atoms with E-state index in [0.717, 1.165) is 0 Å². The molecule has 2 heteroatoms. The Balaban J connectivity index is 2.18. The van der Waals surface area contributed by atoms with Crippen molar-refractivity contribution in [2.24, 2.45) is 0 Å². The van der Waals surface area contributed by atoms with Crippen molar-refractivity contribution in [3.8, 4) is 0 Å². The highest BCUT2D eigenvalue weighted by Gasteiger charge is 2.07. The van der Waals surface area contributed by atoms with Crippen LogP contribution in [-0.4, -0.2) is 19.5 Å². The summed E-state index contributed by atoms with van der Waals surface area (Å²) in [5.74, 6) is 0. The molecule has 1 fully saturated rings. The number of hydrogen-bond donors (Lipinski definition) is 0. The lowest BCUT2D eigenvalue weighted by Crippen LogP contribution is -2.00. The van der Waals surface area contributed by atoms with Gasteiger partial charge in [0, 0.05) is 0 Å². The summed E-state index contributed by atoms with van der Waals surface area (Å²) >= 11 is 0. The van der Waals surface area contributed by atoms with Crippen LogP contribution >= 0.6 is 0 Å². The monoisotopic (exact) mass is 87.0 g/mol. The summed E-state index contributed by atoms with van der Waals surface area (Å²) in [5.41, 5.74) is 0. The van der Waals surface area contributed by atoms with E-state index in [2.05, 4.69) is 6.92 Å². The molecule has 0 aliphatic carbocycles. The van der Waals surface area contributed by atoms with E-state index in [4.69, 9.17) is 9.47 Å². The van der Waals surface area contributed by atoms with E-state index in [1.807, 2.05) is 0 Å². The molecule has 1 aliphatic rings. The second kappa shape index (κ2) is 1.58. The predicted molar refractivity (Wildman–Crippen MR) is 21.0 cm³/mol. The zero-order valence-electron chi connectivity index (χ0n) is 3.52. The number of ether oxygens (including phenoxy) is 2. The largest absolute Gasteiger partial charge is 0.353 e. The fraction of sp³-hybridized carbons (Fsp3) is 0.750. The van der Waals surface area contributed by atoms with E-state index in [9.17, 15) is 0 Å². The molecule has 35 valence electrons. The van der Waals surface area contributed by atoms with Crippen molar-refractivity contribution >= 4 is 0 Å². The third-order valence-electron chi connectivity index (χ3n) is 0.691. The number of rotatable bonds is 0. The molecule has 0 saturated carbocycles. The third-order valence-corrected chi connectivity index (χ3v) is 0.691. The van der Waals surface area contributed by atoms with Crippen LogP contribution in [0.1, 0.15) is 0 Å². The Kier molecular flexibility index (Phi) is 1.08. The van der Waals surface area contributed by atoms with Gasteiger partial charge in [0.1, 0.15) is 6.79 Å². The maximum Gasteiger partial charge on any atom is 0.147 e. The summed E-state index contributed by atoms with van der Waals surface area (Å²) in [6.45, 7) is 4.67. The molecule has 1 aliphatic heterocycles. The van der Waals surface area contributed by atoms with Crippen LogP contribution < -0.4 is 0 Å². The third kappa shape index (κ3) is 0.698. The Bertz CT molecular complexity index is 38.8. The fourth-order valence-electron chi connectivity index (χ4n) is 0.372. The van der Waals surface area contributed by atoms with E-state index in [0.29, 0.717) is 13.4 Å². The molecule has 1 heterocycles. The van der Waals surface area contributed by atoms with Crippen LogP contribution in [0.25, 0.3) is 0 Å². The molecule has 0 amide bonds. The van der Waals surface area contributed by atoms with Gasteiger partial charge in [-0.3, -0.25) is 0 Å². The smallest absolute Gasteiger partial charge is 0.147 e. The zero-order chi connectivity index (χ0) is 4.41. The highest BCUT2D eigenvalue weighted by atomic mass is 16.7. The van der Waals surface area contributed by atoms with Crippen molar-refractivity contribution in [2.45, 2.75) is 6.10 Å². The first-order chi connectivity index (χ1) is 2.89. The average molecular weight is 87.1 g/mol. The molecule has 1 radical (unpaired) electrons. The molecule has 6 heavy (non-hydrogen) atoms. The Hall–Kier alpha value is -0.0800. The van der Waals surface area contributed by atoms with Gasteiger partial charge in [0.2, 0.25) is 0 Å². The summed E-state index contributed by atoms with van der Waals surface area (Å²) in [5, 5.41) is 0. The van der Waals surface area contributed by atoms with Crippen molar-refractivity contribution in [1.82, 2.24) is 0 Å². The first-order valence-corrected chi connectivity index (χ1v) is 1.92. The van der Waals surface area contributed by atoms with Gasteiger partial charge >= 0.3 is 0 Å². The van der Waals surface area contributed by atoms with E-state index in [1.165, 1.54) is 0 Å². The summed E-state index contributed by atoms with van der Waals surface area (Å²) in [4.78, 5) is 0. The van der Waals surface area contributed by atoms with Crippen LogP contribution in [0.3, 0.4) is 0 Å². The van der Waals surface area contributed by atoms with Gasteiger partial charge in [0.25, 0.3) is 0 Å². The Morgan fingerprint density at radius 3 is 2.67 bits per heavy atom. The molecule has 0 spiro atoms. The summed E-state index contributed by atoms with van der Waals surface area (Å²) in [6.07, 6.45) is 0.0741. The van der Waals surface area contributed by atoms with Crippen molar-refractivity contribution in [3.05, 3.63) is 6.92 Å². The van der Waals surface area contributed by atoms with Gasteiger partial charge in [-0.05, 0) is 6.92 Å². The first kappa shape index (κ1) is 4.09. The molecule has 1 atom stereocenters. The zero-order valence-corrected chi connectivity index (χ0v) is 3.52. The molecule has 1 rings (SSSR count). The summed E-state index contributed by atoms with van der Waals surface area (Å²) in [6, 6.07) is 0. The minimum atomic E-state index is 0.0741. The first-order valence-electron chi connectivity index (χ1n) is 1.92. The minimum Gasteiger partial charge on any atom is -0.353 e. The highest BCUT2D eigenvalue weighted by Crippen LogP contribution is 1.98. The van der Waals surface area contributed by atoms with Gasteiger partial charge in [-0.25, -0.2) is 0 Å². The lowest BCUT2D eigenvalue weighted by molar-refractivity contribution is 0.0567. The van der Waals surface area contributed by atoms with Crippen molar-refractivity contribution in [2.75, 3.05) is 13.4 Å². The molecule has 0 aromatic rings. The maximum absolute atomic E-state index is 4.82. The average Bonchev–Trinajstić information content (AvgIpc) is 1.86. The summed E-state index contributed by atoms with van der Waals surface area (Å²) < 4.78 is 9.59. The van der Waals surface area contributed by atoms with E-state index in [-0.39, 0.29) is 6.10 Å².